The summed E-state index contributed by atoms with van der Waals surface area (Å²) in [6, 6.07) is 0. The van der Waals surface area contributed by atoms with E-state index >= 15 is 0 Å². The summed E-state index contributed by atoms with van der Waals surface area (Å²) in [4.78, 5) is 24.9. The molecule has 55 heavy (non-hydrogen) atoms. The Morgan fingerprint density at radius 2 is 1.05 bits per heavy atom. The van der Waals surface area contributed by atoms with Gasteiger partial charge in [-0.15, -0.1) is 0 Å². The van der Waals surface area contributed by atoms with Gasteiger partial charge in [-0.3, -0.25) is 9.36 Å². The maximum atomic E-state index is 12.6. The fraction of sp³-hybridized carbons (Fsp3) is 0.761. The maximum Gasteiger partial charge on any atom is 0.306 e. The Morgan fingerprint density at radius 1 is 0.582 bits per heavy atom. The number of unbranched alkanes of at least 4 members (excludes halogenated alkanes) is 16. The lowest BCUT2D eigenvalue weighted by Crippen LogP contribution is -2.37. The van der Waals surface area contributed by atoms with E-state index < -0.39 is 13.9 Å². The number of ether oxygens (including phenoxy) is 2. The van der Waals surface area contributed by atoms with Crippen molar-refractivity contribution < 1.29 is 37.3 Å². The number of nitrogens with zero attached hydrogens (tertiary/aromatic N) is 1. The van der Waals surface area contributed by atoms with Gasteiger partial charge >= 0.3 is 5.97 Å². The quantitative estimate of drug-likeness (QED) is 0.0200. The van der Waals surface area contributed by atoms with Crippen molar-refractivity contribution in [3.63, 3.8) is 0 Å². The SMILES string of the molecule is CC/C=C\C/C=C\C/C=C\C/C=C\C/C=C\CCCCCCCCCCOCC(COP(=O)([O-])OCC[N+](C)(C)C)OC(=O)CCCCCCCCCCC. The average molecular weight is 794 g/mol. The summed E-state index contributed by atoms with van der Waals surface area (Å²) >= 11 is 0. The van der Waals surface area contributed by atoms with Gasteiger partial charge in [0, 0.05) is 13.0 Å². The largest absolute Gasteiger partial charge is 0.756 e. The Morgan fingerprint density at radius 3 is 1.58 bits per heavy atom. The number of carbonyl (C=O) groups is 1. The number of quaternary nitrogens is 1. The van der Waals surface area contributed by atoms with Crippen LogP contribution in [-0.4, -0.2) is 70.7 Å². The van der Waals surface area contributed by atoms with E-state index in [1.54, 1.807) is 0 Å². The van der Waals surface area contributed by atoms with E-state index in [-0.39, 0.29) is 25.8 Å². The molecule has 2 unspecified atom stereocenters. The molecule has 0 rings (SSSR count). The summed E-state index contributed by atoms with van der Waals surface area (Å²) in [5, 5.41) is 0. The molecule has 320 valence electrons. The van der Waals surface area contributed by atoms with Crippen molar-refractivity contribution >= 4 is 13.8 Å². The van der Waals surface area contributed by atoms with Gasteiger partial charge in [0.15, 0.2) is 0 Å². The third-order valence-electron chi connectivity index (χ3n) is 9.08. The molecule has 0 aromatic rings. The topological polar surface area (TPSA) is 94.1 Å². The van der Waals surface area contributed by atoms with Crippen molar-refractivity contribution in [3.05, 3.63) is 60.8 Å². The molecule has 0 aliphatic rings. The number of allylic oxidation sites excluding steroid dienone is 10. The fourth-order valence-corrected chi connectivity index (χ4v) is 6.42. The molecule has 0 aromatic heterocycles. The first-order valence-electron chi connectivity index (χ1n) is 22.0. The van der Waals surface area contributed by atoms with E-state index in [0.717, 1.165) is 70.6 Å². The van der Waals surface area contributed by atoms with Crippen LogP contribution in [0.1, 0.15) is 168 Å². The molecule has 0 aliphatic heterocycles. The van der Waals surface area contributed by atoms with Gasteiger partial charge in [-0.25, -0.2) is 0 Å². The van der Waals surface area contributed by atoms with E-state index in [0.29, 0.717) is 24.1 Å². The van der Waals surface area contributed by atoms with Crippen LogP contribution in [0, 0.1) is 0 Å². The van der Waals surface area contributed by atoms with Crippen LogP contribution in [0.4, 0.5) is 0 Å². The van der Waals surface area contributed by atoms with Gasteiger partial charge in [0.05, 0.1) is 34.4 Å². The number of likely N-dealkylation sites (N-methyl/N-ethyl adjacent to an activating group) is 1. The molecule has 0 bridgehead atoms. The lowest BCUT2D eigenvalue weighted by molar-refractivity contribution is -0.870. The van der Waals surface area contributed by atoms with E-state index in [1.807, 2.05) is 21.1 Å². The summed E-state index contributed by atoms with van der Waals surface area (Å²) in [6.45, 7) is 5.25. The van der Waals surface area contributed by atoms with Crippen molar-refractivity contribution in [2.75, 3.05) is 54.1 Å². The van der Waals surface area contributed by atoms with Gasteiger partial charge in [-0.2, -0.15) is 0 Å². The second kappa shape index (κ2) is 39.0. The third kappa shape index (κ3) is 43.2. The number of phosphoric ester groups is 1. The van der Waals surface area contributed by atoms with Crippen LogP contribution in [0.3, 0.4) is 0 Å². The highest BCUT2D eigenvalue weighted by Crippen LogP contribution is 2.38. The zero-order valence-corrected chi connectivity index (χ0v) is 37.0. The van der Waals surface area contributed by atoms with Gasteiger partial charge < -0.3 is 27.9 Å². The summed E-state index contributed by atoms with van der Waals surface area (Å²) in [5.74, 6) is -0.343. The second-order valence-corrected chi connectivity index (χ2v) is 17.1. The van der Waals surface area contributed by atoms with Crippen molar-refractivity contribution in [3.8, 4) is 0 Å². The molecule has 0 saturated heterocycles. The minimum absolute atomic E-state index is 0.0228. The number of hydrogen-bond donors (Lipinski definition) is 0. The zero-order valence-electron chi connectivity index (χ0n) is 36.1. The van der Waals surface area contributed by atoms with Gasteiger partial charge in [0.25, 0.3) is 7.82 Å². The number of hydrogen-bond acceptors (Lipinski definition) is 7. The predicted octanol–water partition coefficient (Wildman–Crippen LogP) is 12.3. The number of carbonyl (C=O) groups excluding carboxylic acids is 1. The molecular formula is C46H84NO7P. The number of phosphoric acid groups is 1. The highest BCUT2D eigenvalue weighted by Gasteiger charge is 2.20. The van der Waals surface area contributed by atoms with E-state index in [9.17, 15) is 14.3 Å². The molecule has 0 amide bonds. The summed E-state index contributed by atoms with van der Waals surface area (Å²) in [5.41, 5.74) is 0. The normalized spacial score (nSPS) is 14.4. The lowest BCUT2D eigenvalue weighted by atomic mass is 10.1. The fourth-order valence-electron chi connectivity index (χ4n) is 5.69. The Labute approximate surface area is 339 Å². The molecule has 0 radical (unpaired) electrons. The Hall–Kier alpha value is -1.80. The molecule has 0 heterocycles. The van der Waals surface area contributed by atoms with Crippen molar-refractivity contribution in [2.24, 2.45) is 0 Å². The standard InChI is InChI=1S/C46H84NO7P/c1-6-8-10-12-14-16-17-18-19-20-21-22-23-24-25-26-27-28-29-30-32-34-36-38-41-51-43-45(44-53-55(49,50)52-42-40-47(3,4)5)54-46(48)39-37-35-33-31-15-13-11-9-7-2/h8,10,14,16,18-19,21-22,24-25,45H,6-7,9,11-13,15,17,20,23,26-44H2,1-5H3/b10-8-,16-14-,19-18-,22-21-,25-24-. The van der Waals surface area contributed by atoms with Gasteiger partial charge in [-0.05, 0) is 57.8 Å². The lowest BCUT2D eigenvalue weighted by Gasteiger charge is -2.28. The van der Waals surface area contributed by atoms with Gasteiger partial charge in [0.2, 0.25) is 0 Å². The van der Waals surface area contributed by atoms with Crippen LogP contribution < -0.4 is 4.89 Å². The van der Waals surface area contributed by atoms with Crippen LogP contribution in [0.2, 0.25) is 0 Å². The van der Waals surface area contributed by atoms with Crippen LogP contribution >= 0.6 is 7.82 Å². The minimum atomic E-state index is -4.52. The predicted molar refractivity (Wildman–Crippen MR) is 231 cm³/mol. The third-order valence-corrected chi connectivity index (χ3v) is 10.0. The molecule has 0 fully saturated rings. The second-order valence-electron chi connectivity index (χ2n) is 15.7. The van der Waals surface area contributed by atoms with Crippen molar-refractivity contribution in [2.45, 2.75) is 174 Å². The average Bonchev–Trinajstić information content (AvgIpc) is 3.13. The van der Waals surface area contributed by atoms with E-state index in [4.69, 9.17) is 18.5 Å². The molecule has 9 heteroatoms. The molecular weight excluding hydrogens is 709 g/mol. The van der Waals surface area contributed by atoms with Gasteiger partial charge in [0.1, 0.15) is 19.3 Å². The first kappa shape index (κ1) is 53.2. The van der Waals surface area contributed by atoms with Crippen molar-refractivity contribution in [1.82, 2.24) is 0 Å². The molecule has 0 N–H and O–H groups in total. The van der Waals surface area contributed by atoms with E-state index in [1.165, 1.54) is 77.0 Å². The molecule has 0 aromatic carbocycles. The molecule has 0 spiro atoms. The van der Waals surface area contributed by atoms with Crippen LogP contribution in [0.5, 0.6) is 0 Å². The number of rotatable bonds is 40. The minimum Gasteiger partial charge on any atom is -0.756 e. The first-order chi connectivity index (χ1) is 26.6. The number of esters is 1. The highest BCUT2D eigenvalue weighted by atomic mass is 31.2. The summed E-state index contributed by atoms with van der Waals surface area (Å²) < 4.78 is 34.5. The van der Waals surface area contributed by atoms with Crippen molar-refractivity contribution in [1.29, 1.82) is 0 Å². The zero-order chi connectivity index (χ0) is 40.6. The summed E-state index contributed by atoms with van der Waals surface area (Å²) in [6.07, 6.45) is 48.1. The van der Waals surface area contributed by atoms with Crippen LogP contribution in [-0.2, 0) is 27.9 Å². The molecule has 2 atom stereocenters. The highest BCUT2D eigenvalue weighted by molar-refractivity contribution is 7.45. The molecule has 8 nitrogen and oxygen atoms in total. The summed E-state index contributed by atoms with van der Waals surface area (Å²) in [7, 11) is 1.34. The molecule has 0 saturated carbocycles. The van der Waals surface area contributed by atoms with E-state index in [2.05, 4.69) is 74.6 Å². The van der Waals surface area contributed by atoms with Gasteiger partial charge in [-0.1, -0.05) is 164 Å². The Bertz CT molecular complexity index is 1060. The monoisotopic (exact) mass is 794 g/mol. The van der Waals surface area contributed by atoms with Crippen LogP contribution in [0.25, 0.3) is 0 Å². The Balaban J connectivity index is 4.13. The Kier molecular flexibility index (Phi) is 37.8. The molecule has 0 aliphatic carbocycles. The first-order valence-corrected chi connectivity index (χ1v) is 23.5. The van der Waals surface area contributed by atoms with Crippen LogP contribution in [0.15, 0.2) is 60.8 Å². The maximum absolute atomic E-state index is 12.6. The smallest absolute Gasteiger partial charge is 0.306 e.